The Morgan fingerprint density at radius 1 is 1.15 bits per heavy atom. The van der Waals surface area contributed by atoms with E-state index >= 15 is 0 Å². The monoisotopic (exact) mass is 645 g/mol. The van der Waals surface area contributed by atoms with E-state index in [1.807, 2.05) is 43.3 Å². The molecule has 1 amide bonds. The van der Waals surface area contributed by atoms with E-state index in [2.05, 4.69) is 15.9 Å². The predicted octanol–water partition coefficient (Wildman–Crippen LogP) is 7.59. The van der Waals surface area contributed by atoms with E-state index in [9.17, 15) is 9.59 Å². The summed E-state index contributed by atoms with van der Waals surface area (Å²) in [6.45, 7) is 2.49. The smallest absolute Gasteiger partial charge is 0.333 e. The van der Waals surface area contributed by atoms with Crippen LogP contribution in [0.5, 0.6) is 11.5 Å². The number of hydrogen-bond donors (Lipinski definition) is 0. The number of carbonyl (C=O) groups excluding carboxylic acids is 2. The molecule has 0 N–H and O–H groups in total. The minimum atomic E-state index is -0.971. The summed E-state index contributed by atoms with van der Waals surface area (Å²) in [6.07, 6.45) is 2.39. The Bertz CT molecular complexity index is 1400. The van der Waals surface area contributed by atoms with Crippen molar-refractivity contribution >= 4 is 73.8 Å². The molecule has 1 unspecified atom stereocenters. The maximum absolute atomic E-state index is 13.6. The lowest BCUT2D eigenvalue weighted by atomic mass is 10.1. The van der Waals surface area contributed by atoms with E-state index in [0.717, 1.165) is 17.3 Å². The standard InChI is InChI=1S/C29H25BrClNO5S2/c1-3-13-36-28(34)25(20-7-5-4-6-8-20)32-27(33)24(39-29(32)38)16-19-14-22(30)26(23(15-19)35-2)37-17-18-9-11-21(31)12-10-18/h4-12,14-16,25H,3,13,17H2,1-2H3/b24-16-. The molecule has 3 aromatic rings. The molecular weight excluding hydrogens is 622 g/mol. The van der Waals surface area contributed by atoms with Gasteiger partial charge in [-0.15, -0.1) is 0 Å². The fourth-order valence-corrected chi connectivity index (χ4v) is 5.87. The Labute approximate surface area is 250 Å². The first-order valence-electron chi connectivity index (χ1n) is 12.1. The van der Waals surface area contributed by atoms with E-state index in [1.165, 1.54) is 4.90 Å². The normalized spacial score (nSPS) is 15.0. The van der Waals surface area contributed by atoms with Crippen molar-refractivity contribution in [3.05, 3.63) is 97.8 Å². The molecule has 4 rings (SSSR count). The lowest BCUT2D eigenvalue weighted by Gasteiger charge is -2.25. The number of methoxy groups -OCH3 is 1. The van der Waals surface area contributed by atoms with E-state index in [-0.39, 0.29) is 16.8 Å². The molecule has 1 aliphatic rings. The van der Waals surface area contributed by atoms with Crippen molar-refractivity contribution in [1.82, 2.24) is 4.90 Å². The molecule has 0 aliphatic carbocycles. The number of hydrogen-bond acceptors (Lipinski definition) is 7. The maximum atomic E-state index is 13.6. The summed E-state index contributed by atoms with van der Waals surface area (Å²) in [7, 11) is 1.55. The highest BCUT2D eigenvalue weighted by Gasteiger charge is 2.42. The van der Waals surface area contributed by atoms with Gasteiger partial charge in [0.25, 0.3) is 5.91 Å². The molecule has 0 aromatic heterocycles. The zero-order valence-electron chi connectivity index (χ0n) is 21.2. The molecule has 10 heteroatoms. The lowest BCUT2D eigenvalue weighted by molar-refractivity contribution is -0.151. The SMILES string of the molecule is CCCOC(=O)C(c1ccccc1)N1C(=O)/C(=C/c2cc(Br)c(OCc3ccc(Cl)cc3)c(OC)c2)SC1=S. The average Bonchev–Trinajstić information content (AvgIpc) is 3.20. The van der Waals surface area contributed by atoms with Gasteiger partial charge in [0.05, 0.1) is 23.1 Å². The highest BCUT2D eigenvalue weighted by Crippen LogP contribution is 2.41. The van der Waals surface area contributed by atoms with Gasteiger partial charge in [-0.3, -0.25) is 9.69 Å². The molecule has 0 bridgehead atoms. The van der Waals surface area contributed by atoms with E-state index in [0.29, 0.717) is 50.1 Å². The van der Waals surface area contributed by atoms with Gasteiger partial charge in [0.1, 0.15) is 10.9 Å². The van der Waals surface area contributed by atoms with Gasteiger partial charge in [0.15, 0.2) is 17.5 Å². The van der Waals surface area contributed by atoms with Crippen molar-refractivity contribution in [2.75, 3.05) is 13.7 Å². The minimum absolute atomic E-state index is 0.257. The number of carbonyl (C=O) groups is 2. The van der Waals surface area contributed by atoms with Crippen LogP contribution in [0.15, 0.2) is 76.1 Å². The topological polar surface area (TPSA) is 65.1 Å². The van der Waals surface area contributed by atoms with Gasteiger partial charge < -0.3 is 14.2 Å². The number of nitrogens with zero attached hydrogens (tertiary/aromatic N) is 1. The summed E-state index contributed by atoms with van der Waals surface area (Å²) in [6, 6.07) is 19.0. The Hall–Kier alpha value is -2.85. The van der Waals surface area contributed by atoms with E-state index < -0.39 is 12.0 Å². The van der Waals surface area contributed by atoms with Crippen LogP contribution in [0.3, 0.4) is 0 Å². The van der Waals surface area contributed by atoms with Crippen LogP contribution in [0.25, 0.3) is 6.08 Å². The molecule has 1 heterocycles. The predicted molar refractivity (Wildman–Crippen MR) is 162 cm³/mol. The molecule has 1 atom stereocenters. The van der Waals surface area contributed by atoms with Crippen LogP contribution < -0.4 is 9.47 Å². The van der Waals surface area contributed by atoms with Crippen molar-refractivity contribution in [2.45, 2.75) is 26.0 Å². The van der Waals surface area contributed by atoms with Crippen molar-refractivity contribution < 1.29 is 23.8 Å². The summed E-state index contributed by atoms with van der Waals surface area (Å²) in [5.74, 6) is 0.128. The van der Waals surface area contributed by atoms with Crippen molar-refractivity contribution in [2.24, 2.45) is 0 Å². The molecule has 0 spiro atoms. The van der Waals surface area contributed by atoms with Crippen LogP contribution in [0, 0.1) is 0 Å². The maximum Gasteiger partial charge on any atom is 0.333 e. The molecule has 202 valence electrons. The summed E-state index contributed by atoms with van der Waals surface area (Å²) in [5.41, 5.74) is 2.28. The van der Waals surface area contributed by atoms with Gasteiger partial charge in [0.2, 0.25) is 0 Å². The summed E-state index contributed by atoms with van der Waals surface area (Å²) in [4.78, 5) is 28.3. The number of halogens is 2. The van der Waals surface area contributed by atoms with Gasteiger partial charge in [-0.25, -0.2) is 4.79 Å². The number of benzene rings is 3. The minimum Gasteiger partial charge on any atom is -0.493 e. The zero-order valence-corrected chi connectivity index (χ0v) is 25.2. The number of rotatable bonds is 10. The van der Waals surface area contributed by atoms with Crippen molar-refractivity contribution in [3.63, 3.8) is 0 Å². The van der Waals surface area contributed by atoms with Gasteiger partial charge in [-0.2, -0.15) is 0 Å². The van der Waals surface area contributed by atoms with E-state index in [4.69, 9.17) is 38.0 Å². The summed E-state index contributed by atoms with van der Waals surface area (Å²) in [5, 5.41) is 0.653. The Kier molecular flexibility index (Phi) is 10.1. The van der Waals surface area contributed by atoms with Gasteiger partial charge in [-0.05, 0) is 69.4 Å². The fourth-order valence-electron chi connectivity index (χ4n) is 3.86. The molecule has 1 saturated heterocycles. The van der Waals surface area contributed by atoms with Crippen LogP contribution in [-0.2, 0) is 20.9 Å². The third-order valence-corrected chi connectivity index (χ3v) is 7.89. The number of esters is 1. The third-order valence-electron chi connectivity index (χ3n) is 5.71. The molecule has 0 radical (unpaired) electrons. The third kappa shape index (κ3) is 7.03. The van der Waals surface area contributed by atoms with E-state index in [1.54, 1.807) is 43.5 Å². The van der Waals surface area contributed by atoms with Gasteiger partial charge >= 0.3 is 5.97 Å². The number of thioether (sulfide) groups is 1. The molecule has 3 aromatic carbocycles. The second-order valence-electron chi connectivity index (χ2n) is 8.48. The van der Waals surface area contributed by atoms with Gasteiger partial charge in [-0.1, -0.05) is 85.0 Å². The highest BCUT2D eigenvalue weighted by molar-refractivity contribution is 9.10. The average molecular weight is 647 g/mol. The van der Waals surface area contributed by atoms with Crippen molar-refractivity contribution in [1.29, 1.82) is 0 Å². The number of ether oxygens (including phenoxy) is 3. The second-order valence-corrected chi connectivity index (χ2v) is 11.4. The number of amides is 1. The Morgan fingerprint density at radius 2 is 1.87 bits per heavy atom. The molecule has 39 heavy (non-hydrogen) atoms. The largest absolute Gasteiger partial charge is 0.493 e. The Morgan fingerprint density at radius 3 is 2.54 bits per heavy atom. The second kappa shape index (κ2) is 13.5. The Balaban J connectivity index is 1.60. The van der Waals surface area contributed by atoms with Crippen molar-refractivity contribution in [3.8, 4) is 11.5 Å². The zero-order chi connectivity index (χ0) is 27.9. The molecule has 1 fully saturated rings. The first-order valence-corrected chi connectivity index (χ1v) is 14.4. The number of thiocarbonyl (C=S) groups is 1. The van der Waals surface area contributed by atoms with Crippen LogP contribution in [0.2, 0.25) is 5.02 Å². The lowest BCUT2D eigenvalue weighted by Crippen LogP contribution is -2.38. The first-order chi connectivity index (χ1) is 18.8. The highest BCUT2D eigenvalue weighted by atomic mass is 79.9. The van der Waals surface area contributed by atoms with Crippen LogP contribution in [-0.4, -0.2) is 34.8 Å². The first kappa shape index (κ1) is 29.1. The van der Waals surface area contributed by atoms with Gasteiger partial charge in [0, 0.05) is 5.02 Å². The van der Waals surface area contributed by atoms with Crippen LogP contribution in [0.1, 0.15) is 36.1 Å². The quantitative estimate of drug-likeness (QED) is 0.128. The summed E-state index contributed by atoms with van der Waals surface area (Å²) < 4.78 is 18.0. The molecule has 1 aliphatic heterocycles. The van der Waals surface area contributed by atoms with Crippen LogP contribution >= 0.6 is 51.5 Å². The molecular formula is C29H25BrClNO5S2. The molecule has 0 saturated carbocycles. The summed E-state index contributed by atoms with van der Waals surface area (Å²) >= 11 is 16.2. The van der Waals surface area contributed by atoms with Crippen LogP contribution in [0.4, 0.5) is 0 Å². The molecule has 6 nitrogen and oxygen atoms in total. The fraction of sp³-hybridized carbons (Fsp3) is 0.207.